The Morgan fingerprint density at radius 1 is 1.47 bits per heavy atom. The third kappa shape index (κ3) is 2.13. The van der Waals surface area contributed by atoms with Crippen molar-refractivity contribution in [2.24, 2.45) is 0 Å². The molecule has 0 bridgehead atoms. The zero-order chi connectivity index (χ0) is 11.7. The molecule has 0 unspecified atom stereocenters. The van der Waals surface area contributed by atoms with Crippen LogP contribution in [-0.2, 0) is 0 Å². The van der Waals surface area contributed by atoms with Crippen molar-refractivity contribution in [1.82, 2.24) is 0 Å². The molecule has 0 amide bonds. The summed E-state index contributed by atoms with van der Waals surface area (Å²) < 4.78 is 25.4. The van der Waals surface area contributed by atoms with Crippen LogP contribution >= 0.6 is 27.5 Å². The average Bonchev–Trinajstić information content (AvgIpc) is 2.13. The van der Waals surface area contributed by atoms with E-state index in [1.165, 1.54) is 0 Å². The Kier molecular flexibility index (Phi) is 3.35. The summed E-state index contributed by atoms with van der Waals surface area (Å²) in [5.74, 6) is -3.04. The SMILES string of the molecule is O=C(Cl)c1cc([N+](=O)[O-])c(Br)c(F)c1F. The summed E-state index contributed by atoms with van der Waals surface area (Å²) in [5, 5.41) is 9.09. The molecule has 0 aromatic heterocycles. The Balaban J connectivity index is 3.59. The van der Waals surface area contributed by atoms with E-state index in [1.54, 1.807) is 0 Å². The maximum Gasteiger partial charge on any atom is 0.287 e. The van der Waals surface area contributed by atoms with Gasteiger partial charge in [0.1, 0.15) is 4.47 Å². The first-order chi connectivity index (χ1) is 6.86. The number of benzene rings is 1. The van der Waals surface area contributed by atoms with Gasteiger partial charge in [-0.2, -0.15) is 0 Å². The number of nitrogens with zero attached hydrogens (tertiary/aromatic N) is 1. The van der Waals surface area contributed by atoms with E-state index >= 15 is 0 Å². The van der Waals surface area contributed by atoms with Crippen LogP contribution in [0.4, 0.5) is 14.5 Å². The number of nitro groups is 1. The molecule has 0 saturated carbocycles. The van der Waals surface area contributed by atoms with Crippen molar-refractivity contribution in [3.8, 4) is 0 Å². The molecule has 15 heavy (non-hydrogen) atoms. The zero-order valence-electron chi connectivity index (χ0n) is 6.76. The Morgan fingerprint density at radius 2 is 2.00 bits per heavy atom. The smallest absolute Gasteiger partial charge is 0.275 e. The second kappa shape index (κ2) is 4.19. The lowest BCUT2D eigenvalue weighted by Crippen LogP contribution is -2.02. The van der Waals surface area contributed by atoms with Gasteiger partial charge in [0, 0.05) is 6.07 Å². The van der Waals surface area contributed by atoms with E-state index in [-0.39, 0.29) is 0 Å². The molecule has 1 rings (SSSR count). The molecule has 0 aliphatic heterocycles. The highest BCUT2D eigenvalue weighted by Crippen LogP contribution is 2.31. The van der Waals surface area contributed by atoms with E-state index in [2.05, 4.69) is 15.9 Å². The fourth-order valence-corrected chi connectivity index (χ4v) is 1.44. The van der Waals surface area contributed by atoms with Gasteiger partial charge in [0.05, 0.1) is 10.5 Å². The molecular formula is C7HBrClF2NO3. The number of carbonyl (C=O) groups is 1. The number of rotatable bonds is 2. The van der Waals surface area contributed by atoms with Crippen LogP contribution in [0, 0.1) is 21.7 Å². The minimum atomic E-state index is -1.52. The third-order valence-corrected chi connectivity index (χ3v) is 2.49. The maximum absolute atomic E-state index is 13.0. The molecule has 0 heterocycles. The van der Waals surface area contributed by atoms with Crippen LogP contribution in [-0.4, -0.2) is 10.2 Å². The van der Waals surface area contributed by atoms with Gasteiger partial charge in [0.25, 0.3) is 10.9 Å². The number of nitro benzene ring substituents is 1. The monoisotopic (exact) mass is 299 g/mol. The second-order valence-electron chi connectivity index (χ2n) is 2.42. The number of hydrogen-bond donors (Lipinski definition) is 0. The lowest BCUT2D eigenvalue weighted by molar-refractivity contribution is -0.385. The van der Waals surface area contributed by atoms with E-state index in [9.17, 15) is 23.7 Å². The third-order valence-electron chi connectivity index (χ3n) is 1.54. The van der Waals surface area contributed by atoms with E-state index in [0.717, 1.165) is 0 Å². The first-order valence-electron chi connectivity index (χ1n) is 3.38. The molecule has 0 spiro atoms. The van der Waals surface area contributed by atoms with Crippen LogP contribution in [0.25, 0.3) is 0 Å². The lowest BCUT2D eigenvalue weighted by Gasteiger charge is -2.02. The second-order valence-corrected chi connectivity index (χ2v) is 3.55. The summed E-state index contributed by atoms with van der Waals surface area (Å²) in [4.78, 5) is 20.1. The molecule has 0 radical (unpaired) electrons. The molecular weight excluding hydrogens is 299 g/mol. The highest BCUT2D eigenvalue weighted by atomic mass is 79.9. The van der Waals surface area contributed by atoms with Crippen LogP contribution in [0.3, 0.4) is 0 Å². The molecule has 1 aromatic rings. The normalized spacial score (nSPS) is 10.1. The summed E-state index contributed by atoms with van der Waals surface area (Å²) >= 11 is 7.43. The van der Waals surface area contributed by atoms with Gasteiger partial charge in [-0.05, 0) is 27.5 Å². The van der Waals surface area contributed by atoms with E-state index in [1.807, 2.05) is 0 Å². The fourth-order valence-electron chi connectivity index (χ4n) is 0.866. The van der Waals surface area contributed by atoms with Crippen LogP contribution in [0.5, 0.6) is 0 Å². The number of carbonyl (C=O) groups excluding carboxylic acids is 1. The highest BCUT2D eigenvalue weighted by Gasteiger charge is 2.25. The summed E-state index contributed by atoms with van der Waals surface area (Å²) in [7, 11) is 0. The van der Waals surface area contributed by atoms with Crippen molar-refractivity contribution in [1.29, 1.82) is 0 Å². The van der Waals surface area contributed by atoms with Crippen molar-refractivity contribution in [2.45, 2.75) is 0 Å². The van der Waals surface area contributed by atoms with Gasteiger partial charge >= 0.3 is 0 Å². The van der Waals surface area contributed by atoms with Gasteiger partial charge in [-0.1, -0.05) is 0 Å². The van der Waals surface area contributed by atoms with Crippen LogP contribution in [0.15, 0.2) is 10.5 Å². The van der Waals surface area contributed by atoms with Crippen molar-refractivity contribution in [3.63, 3.8) is 0 Å². The predicted molar refractivity (Wildman–Crippen MR) is 50.9 cm³/mol. The molecule has 80 valence electrons. The standard InChI is InChI=1S/C7HBrClF2NO3/c8-4-3(12(14)15)1-2(7(9)13)5(10)6(4)11/h1H. The molecule has 8 heteroatoms. The molecule has 0 atom stereocenters. The van der Waals surface area contributed by atoms with Gasteiger partial charge in [0.2, 0.25) is 0 Å². The zero-order valence-corrected chi connectivity index (χ0v) is 9.10. The minimum Gasteiger partial charge on any atom is -0.275 e. The molecule has 0 fully saturated rings. The van der Waals surface area contributed by atoms with Crippen molar-refractivity contribution in [2.75, 3.05) is 0 Å². The maximum atomic E-state index is 13.0. The Hall–Kier alpha value is -1.08. The summed E-state index contributed by atoms with van der Waals surface area (Å²) in [5.41, 5.74) is -1.64. The van der Waals surface area contributed by atoms with Gasteiger partial charge in [-0.3, -0.25) is 14.9 Å². The Bertz CT molecular complexity index is 428. The van der Waals surface area contributed by atoms with E-state index < -0.39 is 37.5 Å². The summed E-state index contributed by atoms with van der Waals surface area (Å²) in [6, 6.07) is 0.567. The van der Waals surface area contributed by atoms with Gasteiger partial charge < -0.3 is 0 Å². The quantitative estimate of drug-likeness (QED) is 0.365. The largest absolute Gasteiger partial charge is 0.287 e. The van der Waals surface area contributed by atoms with Crippen LogP contribution < -0.4 is 0 Å². The molecule has 1 aromatic carbocycles. The highest BCUT2D eigenvalue weighted by molar-refractivity contribution is 9.10. The number of halogens is 4. The van der Waals surface area contributed by atoms with E-state index in [0.29, 0.717) is 6.07 Å². The molecule has 0 aliphatic carbocycles. The molecule has 4 nitrogen and oxygen atoms in total. The predicted octanol–water partition coefficient (Wildman–Crippen LogP) is 3.01. The number of hydrogen-bond acceptors (Lipinski definition) is 3. The molecule has 0 saturated heterocycles. The first-order valence-corrected chi connectivity index (χ1v) is 4.55. The van der Waals surface area contributed by atoms with Crippen molar-refractivity contribution < 1.29 is 18.5 Å². The van der Waals surface area contributed by atoms with Gasteiger partial charge in [-0.15, -0.1) is 0 Å². The minimum absolute atomic E-state index is 0.567. The van der Waals surface area contributed by atoms with Crippen molar-refractivity contribution in [3.05, 3.63) is 37.9 Å². The molecule has 0 aliphatic rings. The van der Waals surface area contributed by atoms with Gasteiger partial charge in [-0.25, -0.2) is 8.78 Å². The van der Waals surface area contributed by atoms with Crippen LogP contribution in [0.1, 0.15) is 10.4 Å². The Morgan fingerprint density at radius 3 is 2.40 bits per heavy atom. The van der Waals surface area contributed by atoms with E-state index in [4.69, 9.17) is 11.6 Å². The van der Waals surface area contributed by atoms with Crippen LogP contribution in [0.2, 0.25) is 0 Å². The lowest BCUT2D eigenvalue weighted by atomic mass is 10.2. The van der Waals surface area contributed by atoms with Gasteiger partial charge in [0.15, 0.2) is 11.6 Å². The first kappa shape index (κ1) is 12.0. The topological polar surface area (TPSA) is 60.2 Å². The Labute approximate surface area is 95.1 Å². The average molecular weight is 300 g/mol. The van der Waals surface area contributed by atoms with Crippen molar-refractivity contribution >= 4 is 38.5 Å². The molecule has 0 N–H and O–H groups in total. The summed E-state index contributed by atoms with van der Waals surface area (Å²) in [6.07, 6.45) is 0. The fraction of sp³-hybridized carbons (Fsp3) is 0. The summed E-state index contributed by atoms with van der Waals surface area (Å²) in [6.45, 7) is 0.